The molecule has 3 nitrogen and oxygen atoms in total. The first kappa shape index (κ1) is 16.1. The van der Waals surface area contributed by atoms with Crippen LogP contribution in [0.1, 0.15) is 43.5 Å². The Hall–Kier alpha value is -2.29. The molecule has 0 saturated carbocycles. The predicted molar refractivity (Wildman–Crippen MR) is 87.9 cm³/mol. The highest BCUT2D eigenvalue weighted by atomic mass is 16.5. The summed E-state index contributed by atoms with van der Waals surface area (Å²) >= 11 is 0. The Kier molecular flexibility index (Phi) is 5.59. The number of benzene rings is 2. The second-order valence-electron chi connectivity index (χ2n) is 5.48. The molecule has 1 N–H and O–H groups in total. The van der Waals surface area contributed by atoms with Gasteiger partial charge in [0.25, 0.3) is 0 Å². The Morgan fingerprint density at radius 3 is 2.14 bits per heavy atom. The van der Waals surface area contributed by atoms with Gasteiger partial charge in [-0.25, -0.2) is 4.79 Å². The SMILES string of the molecule is CCCC[C@H](C)OC(=O)c1ccc(-c2ccc(O)cc2)cc1. The van der Waals surface area contributed by atoms with Gasteiger partial charge < -0.3 is 9.84 Å². The number of ether oxygens (including phenoxy) is 1. The number of aromatic hydroxyl groups is 1. The fourth-order valence-electron chi connectivity index (χ4n) is 2.25. The first-order valence-corrected chi connectivity index (χ1v) is 7.70. The highest BCUT2D eigenvalue weighted by Gasteiger charge is 2.11. The van der Waals surface area contributed by atoms with Crippen LogP contribution in [0.4, 0.5) is 0 Å². The van der Waals surface area contributed by atoms with Gasteiger partial charge in [0, 0.05) is 0 Å². The molecular weight excluding hydrogens is 276 g/mol. The Labute approximate surface area is 131 Å². The van der Waals surface area contributed by atoms with Crippen molar-refractivity contribution in [3.63, 3.8) is 0 Å². The molecule has 2 rings (SSSR count). The van der Waals surface area contributed by atoms with Gasteiger partial charge in [0.1, 0.15) is 5.75 Å². The van der Waals surface area contributed by atoms with Crippen LogP contribution in [-0.4, -0.2) is 17.2 Å². The van der Waals surface area contributed by atoms with Gasteiger partial charge >= 0.3 is 5.97 Å². The van der Waals surface area contributed by atoms with Crippen molar-refractivity contribution in [1.82, 2.24) is 0 Å². The van der Waals surface area contributed by atoms with Gasteiger partial charge in [-0.3, -0.25) is 0 Å². The van der Waals surface area contributed by atoms with E-state index in [1.807, 2.05) is 31.2 Å². The third-order valence-electron chi connectivity index (χ3n) is 3.59. The molecule has 0 aliphatic heterocycles. The van der Waals surface area contributed by atoms with Crippen LogP contribution in [-0.2, 0) is 4.74 Å². The van der Waals surface area contributed by atoms with Crippen molar-refractivity contribution in [2.45, 2.75) is 39.2 Å². The number of rotatable bonds is 6. The number of carbonyl (C=O) groups is 1. The van der Waals surface area contributed by atoms with Gasteiger partial charge in [-0.05, 0) is 48.7 Å². The van der Waals surface area contributed by atoms with Crippen LogP contribution < -0.4 is 0 Å². The summed E-state index contributed by atoms with van der Waals surface area (Å²) in [7, 11) is 0. The second-order valence-corrected chi connectivity index (χ2v) is 5.48. The zero-order chi connectivity index (χ0) is 15.9. The van der Waals surface area contributed by atoms with Crippen molar-refractivity contribution in [1.29, 1.82) is 0 Å². The van der Waals surface area contributed by atoms with E-state index in [-0.39, 0.29) is 17.8 Å². The lowest BCUT2D eigenvalue weighted by Gasteiger charge is -2.13. The van der Waals surface area contributed by atoms with Gasteiger partial charge in [-0.15, -0.1) is 0 Å². The van der Waals surface area contributed by atoms with Crippen LogP contribution >= 0.6 is 0 Å². The fraction of sp³-hybridized carbons (Fsp3) is 0.316. The molecule has 0 spiro atoms. The molecule has 0 amide bonds. The fourth-order valence-corrected chi connectivity index (χ4v) is 2.25. The summed E-state index contributed by atoms with van der Waals surface area (Å²) in [6, 6.07) is 14.3. The zero-order valence-electron chi connectivity index (χ0n) is 13.1. The normalized spacial score (nSPS) is 11.9. The molecule has 22 heavy (non-hydrogen) atoms. The summed E-state index contributed by atoms with van der Waals surface area (Å²) in [6.07, 6.45) is 3.01. The van der Waals surface area contributed by atoms with E-state index in [9.17, 15) is 9.90 Å². The van der Waals surface area contributed by atoms with E-state index in [0.29, 0.717) is 5.56 Å². The third-order valence-corrected chi connectivity index (χ3v) is 3.59. The van der Waals surface area contributed by atoms with E-state index in [0.717, 1.165) is 30.4 Å². The van der Waals surface area contributed by atoms with Crippen LogP contribution in [0.5, 0.6) is 5.75 Å². The maximum atomic E-state index is 12.1. The van der Waals surface area contributed by atoms with Gasteiger partial charge in [-0.2, -0.15) is 0 Å². The lowest BCUT2D eigenvalue weighted by Crippen LogP contribution is -2.14. The Bertz CT molecular complexity index is 600. The first-order valence-electron chi connectivity index (χ1n) is 7.70. The molecule has 116 valence electrons. The minimum Gasteiger partial charge on any atom is -0.508 e. The van der Waals surface area contributed by atoms with Crippen LogP contribution in [0.3, 0.4) is 0 Å². The van der Waals surface area contributed by atoms with E-state index in [2.05, 4.69) is 6.92 Å². The molecule has 2 aromatic carbocycles. The van der Waals surface area contributed by atoms with Crippen LogP contribution in [0.2, 0.25) is 0 Å². The average Bonchev–Trinajstić information content (AvgIpc) is 2.54. The molecule has 0 fully saturated rings. The maximum absolute atomic E-state index is 12.1. The minimum atomic E-state index is -0.277. The standard InChI is InChI=1S/C19H22O3/c1-3-4-5-14(2)22-19(21)17-8-6-15(7-9-17)16-10-12-18(20)13-11-16/h6-14,20H,3-5H2,1-2H3/t14-/m0/s1. The number of esters is 1. The molecule has 0 aliphatic rings. The Morgan fingerprint density at radius 1 is 1.05 bits per heavy atom. The lowest BCUT2D eigenvalue weighted by atomic mass is 10.0. The van der Waals surface area contributed by atoms with Crippen molar-refractivity contribution < 1.29 is 14.6 Å². The van der Waals surface area contributed by atoms with Crippen molar-refractivity contribution in [2.75, 3.05) is 0 Å². The molecule has 0 radical (unpaired) electrons. The summed E-state index contributed by atoms with van der Waals surface area (Å²) in [5.41, 5.74) is 2.55. The highest BCUT2D eigenvalue weighted by Crippen LogP contribution is 2.22. The molecular formula is C19H22O3. The van der Waals surface area contributed by atoms with Crippen LogP contribution in [0, 0.1) is 0 Å². The quantitative estimate of drug-likeness (QED) is 0.780. The highest BCUT2D eigenvalue weighted by molar-refractivity contribution is 5.90. The summed E-state index contributed by atoms with van der Waals surface area (Å²) in [5.74, 6) is -0.0362. The second kappa shape index (κ2) is 7.64. The van der Waals surface area contributed by atoms with E-state index in [4.69, 9.17) is 4.74 Å². The Balaban J connectivity index is 2.02. The predicted octanol–water partition coefficient (Wildman–Crippen LogP) is 4.79. The molecule has 0 aromatic heterocycles. The Morgan fingerprint density at radius 2 is 1.59 bits per heavy atom. The van der Waals surface area contributed by atoms with E-state index < -0.39 is 0 Å². The lowest BCUT2D eigenvalue weighted by molar-refractivity contribution is 0.0320. The van der Waals surface area contributed by atoms with Crippen LogP contribution in [0.25, 0.3) is 11.1 Å². The van der Waals surface area contributed by atoms with Crippen molar-refractivity contribution in [3.05, 3.63) is 54.1 Å². The topological polar surface area (TPSA) is 46.5 Å². The molecule has 0 saturated heterocycles. The van der Waals surface area contributed by atoms with E-state index >= 15 is 0 Å². The molecule has 0 heterocycles. The molecule has 0 unspecified atom stereocenters. The van der Waals surface area contributed by atoms with E-state index in [1.165, 1.54) is 0 Å². The first-order chi connectivity index (χ1) is 10.6. The number of hydrogen-bond acceptors (Lipinski definition) is 3. The number of phenols is 1. The zero-order valence-corrected chi connectivity index (χ0v) is 13.1. The average molecular weight is 298 g/mol. The third kappa shape index (κ3) is 4.35. The van der Waals surface area contributed by atoms with Crippen molar-refractivity contribution in [2.24, 2.45) is 0 Å². The number of carbonyl (C=O) groups excluding carboxylic acids is 1. The van der Waals surface area contributed by atoms with Crippen molar-refractivity contribution >= 4 is 5.97 Å². The number of phenolic OH excluding ortho intramolecular Hbond substituents is 1. The largest absolute Gasteiger partial charge is 0.508 e. The molecule has 0 bridgehead atoms. The summed E-state index contributed by atoms with van der Waals surface area (Å²) in [6.45, 7) is 4.05. The van der Waals surface area contributed by atoms with Gasteiger partial charge in [0.2, 0.25) is 0 Å². The maximum Gasteiger partial charge on any atom is 0.338 e. The number of hydrogen-bond donors (Lipinski definition) is 1. The summed E-state index contributed by atoms with van der Waals surface area (Å²) < 4.78 is 5.43. The molecule has 1 atom stereocenters. The summed E-state index contributed by atoms with van der Waals surface area (Å²) in [4.78, 5) is 12.1. The molecule has 0 aliphatic carbocycles. The molecule has 3 heteroatoms. The summed E-state index contributed by atoms with van der Waals surface area (Å²) in [5, 5.41) is 9.30. The van der Waals surface area contributed by atoms with Crippen molar-refractivity contribution in [3.8, 4) is 16.9 Å². The van der Waals surface area contributed by atoms with Crippen LogP contribution in [0.15, 0.2) is 48.5 Å². The van der Waals surface area contributed by atoms with Gasteiger partial charge in [0.05, 0.1) is 11.7 Å². The monoisotopic (exact) mass is 298 g/mol. The van der Waals surface area contributed by atoms with Gasteiger partial charge in [0.15, 0.2) is 0 Å². The smallest absolute Gasteiger partial charge is 0.338 e. The van der Waals surface area contributed by atoms with E-state index in [1.54, 1.807) is 24.3 Å². The van der Waals surface area contributed by atoms with Gasteiger partial charge in [-0.1, -0.05) is 44.0 Å². The molecule has 2 aromatic rings. The number of unbranched alkanes of at least 4 members (excludes halogenated alkanes) is 1. The minimum absolute atomic E-state index is 0.0516.